The van der Waals surface area contributed by atoms with Gasteiger partial charge in [0.25, 0.3) is 5.91 Å². The van der Waals surface area contributed by atoms with Gasteiger partial charge >= 0.3 is 0 Å². The standard InChI is InChI=1S/C19H19N5O/c25-19(23-15-6-7-16-14(11-15)5-4-8-20-16)17-12-18(22-13-21-17)24-9-2-1-3-10-24/h4-8,11-13H,1-3,9-10H2,(H,23,25). The van der Waals surface area contributed by atoms with Gasteiger partial charge in [0.05, 0.1) is 5.52 Å². The van der Waals surface area contributed by atoms with Crippen LogP contribution in [0.2, 0.25) is 0 Å². The molecule has 6 heteroatoms. The first-order valence-corrected chi connectivity index (χ1v) is 8.53. The second-order valence-electron chi connectivity index (χ2n) is 6.17. The minimum Gasteiger partial charge on any atom is -0.357 e. The Hall–Kier alpha value is -3.02. The van der Waals surface area contributed by atoms with Gasteiger partial charge in [0.15, 0.2) is 0 Å². The molecule has 0 spiro atoms. The molecule has 1 aromatic carbocycles. The van der Waals surface area contributed by atoms with E-state index < -0.39 is 0 Å². The lowest BCUT2D eigenvalue weighted by Gasteiger charge is -2.27. The predicted octanol–water partition coefficient (Wildman–Crippen LogP) is 3.27. The van der Waals surface area contributed by atoms with Gasteiger partial charge in [-0.2, -0.15) is 0 Å². The number of benzene rings is 1. The Morgan fingerprint density at radius 2 is 1.88 bits per heavy atom. The van der Waals surface area contributed by atoms with Crippen LogP contribution in [-0.2, 0) is 0 Å². The fourth-order valence-electron chi connectivity index (χ4n) is 3.12. The number of hydrogen-bond acceptors (Lipinski definition) is 5. The van der Waals surface area contributed by atoms with Crippen LogP contribution in [0.1, 0.15) is 29.8 Å². The van der Waals surface area contributed by atoms with Gasteiger partial charge in [-0.15, -0.1) is 0 Å². The van der Waals surface area contributed by atoms with E-state index in [1.54, 1.807) is 12.3 Å². The number of nitrogens with one attached hydrogen (secondary N) is 1. The summed E-state index contributed by atoms with van der Waals surface area (Å²) in [6.07, 6.45) is 6.80. The van der Waals surface area contributed by atoms with Gasteiger partial charge in [0.2, 0.25) is 0 Å². The fraction of sp³-hybridized carbons (Fsp3) is 0.263. The lowest BCUT2D eigenvalue weighted by atomic mass is 10.1. The van der Waals surface area contributed by atoms with Gasteiger partial charge in [0.1, 0.15) is 17.8 Å². The number of nitrogens with zero attached hydrogens (tertiary/aromatic N) is 4. The van der Waals surface area contributed by atoms with Crippen molar-refractivity contribution in [2.24, 2.45) is 0 Å². The first-order valence-electron chi connectivity index (χ1n) is 8.53. The highest BCUT2D eigenvalue weighted by Gasteiger charge is 2.15. The molecule has 3 aromatic rings. The van der Waals surface area contributed by atoms with Crippen LogP contribution < -0.4 is 10.2 Å². The molecule has 1 amide bonds. The molecule has 0 radical (unpaired) electrons. The van der Waals surface area contributed by atoms with Crippen molar-refractivity contribution >= 4 is 28.3 Å². The van der Waals surface area contributed by atoms with Crippen LogP contribution in [0.4, 0.5) is 11.5 Å². The molecule has 25 heavy (non-hydrogen) atoms. The highest BCUT2D eigenvalue weighted by atomic mass is 16.1. The average molecular weight is 333 g/mol. The Morgan fingerprint density at radius 3 is 2.76 bits per heavy atom. The number of aromatic nitrogens is 3. The molecule has 126 valence electrons. The molecular weight excluding hydrogens is 314 g/mol. The van der Waals surface area contributed by atoms with Crippen LogP contribution in [0.3, 0.4) is 0 Å². The maximum atomic E-state index is 12.5. The van der Waals surface area contributed by atoms with Gasteiger partial charge in [-0.05, 0) is 43.5 Å². The number of hydrogen-bond donors (Lipinski definition) is 1. The van der Waals surface area contributed by atoms with E-state index in [2.05, 4.69) is 25.2 Å². The molecule has 0 saturated carbocycles. The molecule has 0 aliphatic carbocycles. The minimum atomic E-state index is -0.233. The largest absolute Gasteiger partial charge is 0.357 e. The smallest absolute Gasteiger partial charge is 0.274 e. The van der Waals surface area contributed by atoms with Crippen molar-refractivity contribution < 1.29 is 4.79 Å². The maximum absolute atomic E-state index is 12.5. The molecule has 1 aliphatic heterocycles. The van der Waals surface area contributed by atoms with E-state index in [0.29, 0.717) is 5.69 Å². The van der Waals surface area contributed by atoms with E-state index >= 15 is 0 Å². The van der Waals surface area contributed by atoms with Crippen LogP contribution in [0, 0.1) is 0 Å². The maximum Gasteiger partial charge on any atom is 0.274 e. The third-order valence-electron chi connectivity index (χ3n) is 4.43. The summed E-state index contributed by atoms with van der Waals surface area (Å²) >= 11 is 0. The number of amides is 1. The zero-order valence-corrected chi connectivity index (χ0v) is 13.9. The van der Waals surface area contributed by atoms with Crippen LogP contribution >= 0.6 is 0 Å². The summed E-state index contributed by atoms with van der Waals surface area (Å²) in [5.41, 5.74) is 2.00. The third-order valence-corrected chi connectivity index (χ3v) is 4.43. The van der Waals surface area contributed by atoms with Crippen molar-refractivity contribution in [3.63, 3.8) is 0 Å². The number of piperidine rings is 1. The van der Waals surface area contributed by atoms with E-state index in [4.69, 9.17) is 0 Å². The van der Waals surface area contributed by atoms with Gasteiger partial charge in [-0.1, -0.05) is 6.07 Å². The Morgan fingerprint density at radius 1 is 1.00 bits per heavy atom. The summed E-state index contributed by atoms with van der Waals surface area (Å²) in [6, 6.07) is 11.3. The topological polar surface area (TPSA) is 71.0 Å². The number of carbonyl (C=O) groups is 1. The zero-order valence-electron chi connectivity index (χ0n) is 13.9. The number of pyridine rings is 1. The lowest BCUT2D eigenvalue weighted by molar-refractivity contribution is 0.102. The summed E-state index contributed by atoms with van der Waals surface area (Å²) in [5.74, 6) is 0.589. The Labute approximate surface area is 145 Å². The van der Waals surface area contributed by atoms with Gasteiger partial charge in [0, 0.05) is 36.4 Å². The zero-order chi connectivity index (χ0) is 17.1. The highest BCUT2D eigenvalue weighted by Crippen LogP contribution is 2.20. The summed E-state index contributed by atoms with van der Waals surface area (Å²) in [6.45, 7) is 1.96. The highest BCUT2D eigenvalue weighted by molar-refractivity contribution is 6.04. The van der Waals surface area contributed by atoms with Crippen molar-refractivity contribution in [2.45, 2.75) is 19.3 Å². The van der Waals surface area contributed by atoms with E-state index in [0.717, 1.165) is 48.3 Å². The summed E-state index contributed by atoms with van der Waals surface area (Å²) in [4.78, 5) is 27.5. The number of rotatable bonds is 3. The van der Waals surface area contributed by atoms with E-state index in [1.165, 1.54) is 12.7 Å². The SMILES string of the molecule is O=C(Nc1ccc2ncccc2c1)c1cc(N2CCCCC2)ncn1. The Bertz CT molecular complexity index is 905. The Kier molecular flexibility index (Phi) is 4.24. The third kappa shape index (κ3) is 3.42. The van der Waals surface area contributed by atoms with Crippen molar-refractivity contribution in [1.82, 2.24) is 15.0 Å². The molecule has 1 saturated heterocycles. The molecule has 4 rings (SSSR count). The molecule has 0 atom stereocenters. The molecule has 1 N–H and O–H groups in total. The second kappa shape index (κ2) is 6.84. The van der Waals surface area contributed by atoms with Crippen molar-refractivity contribution in [2.75, 3.05) is 23.3 Å². The van der Waals surface area contributed by atoms with Crippen molar-refractivity contribution in [1.29, 1.82) is 0 Å². The summed E-state index contributed by atoms with van der Waals surface area (Å²) in [5, 5.41) is 3.89. The minimum absolute atomic E-state index is 0.233. The van der Waals surface area contributed by atoms with Gasteiger partial charge < -0.3 is 10.2 Å². The number of carbonyl (C=O) groups excluding carboxylic acids is 1. The predicted molar refractivity (Wildman–Crippen MR) is 97.8 cm³/mol. The molecular formula is C19H19N5O. The van der Waals surface area contributed by atoms with Crippen molar-refractivity contribution in [3.8, 4) is 0 Å². The van der Waals surface area contributed by atoms with E-state index in [1.807, 2.05) is 30.3 Å². The monoisotopic (exact) mass is 333 g/mol. The first kappa shape index (κ1) is 15.5. The Balaban J connectivity index is 1.53. The quantitative estimate of drug-likeness (QED) is 0.796. The van der Waals surface area contributed by atoms with E-state index in [-0.39, 0.29) is 5.91 Å². The molecule has 6 nitrogen and oxygen atoms in total. The number of fused-ring (bicyclic) bond motifs is 1. The van der Waals surface area contributed by atoms with Crippen molar-refractivity contribution in [3.05, 3.63) is 54.6 Å². The van der Waals surface area contributed by atoms with Crippen LogP contribution in [0.5, 0.6) is 0 Å². The summed E-state index contributed by atoms with van der Waals surface area (Å²) < 4.78 is 0. The molecule has 1 fully saturated rings. The average Bonchev–Trinajstić information content (AvgIpc) is 2.69. The van der Waals surface area contributed by atoms with Gasteiger partial charge in [-0.3, -0.25) is 9.78 Å². The van der Waals surface area contributed by atoms with Crippen LogP contribution in [-0.4, -0.2) is 33.9 Å². The molecule has 2 aromatic heterocycles. The second-order valence-corrected chi connectivity index (χ2v) is 6.17. The molecule has 0 bridgehead atoms. The normalized spacial score (nSPS) is 14.5. The van der Waals surface area contributed by atoms with E-state index in [9.17, 15) is 4.79 Å². The summed E-state index contributed by atoms with van der Waals surface area (Å²) in [7, 11) is 0. The molecule has 3 heterocycles. The number of anilines is 2. The first-order chi connectivity index (χ1) is 12.3. The molecule has 0 unspecified atom stereocenters. The van der Waals surface area contributed by atoms with Crippen LogP contribution in [0.15, 0.2) is 48.9 Å². The lowest BCUT2D eigenvalue weighted by Crippen LogP contribution is -2.30. The fourth-order valence-corrected chi connectivity index (χ4v) is 3.12. The van der Waals surface area contributed by atoms with Crippen LogP contribution in [0.25, 0.3) is 10.9 Å². The molecule has 1 aliphatic rings. The van der Waals surface area contributed by atoms with Gasteiger partial charge in [-0.25, -0.2) is 9.97 Å².